The standard InChI is InChI=1S/C22H27N/c1-7-9-20-15(5)16(6)23-19(8-2)11-10-17-12-18(14(3)4)13-21(20)22(17)23/h7-9,12-14H,6,10-11H2,1-5H3. The molecule has 1 aromatic carbocycles. The van der Waals surface area contributed by atoms with E-state index in [1.54, 1.807) is 0 Å². The Kier molecular flexibility index (Phi) is 4.06. The number of hydrogen-bond donors (Lipinski definition) is 0. The van der Waals surface area contributed by atoms with E-state index in [2.05, 4.69) is 76.5 Å². The van der Waals surface area contributed by atoms with E-state index in [0.29, 0.717) is 5.92 Å². The van der Waals surface area contributed by atoms with Gasteiger partial charge in [0.05, 0.1) is 5.69 Å². The lowest BCUT2D eigenvalue weighted by Gasteiger charge is -2.41. The fourth-order valence-corrected chi connectivity index (χ4v) is 3.72. The van der Waals surface area contributed by atoms with Crippen LogP contribution in [0, 0.1) is 0 Å². The predicted molar refractivity (Wildman–Crippen MR) is 102 cm³/mol. The molecule has 23 heavy (non-hydrogen) atoms. The Hall–Kier alpha value is -2.02. The molecule has 0 spiro atoms. The largest absolute Gasteiger partial charge is 0.314 e. The fraction of sp³-hybridized carbons (Fsp3) is 0.364. The minimum Gasteiger partial charge on any atom is -0.314 e. The second-order valence-electron chi connectivity index (χ2n) is 6.83. The van der Waals surface area contributed by atoms with Crippen LogP contribution in [0.4, 0.5) is 5.69 Å². The van der Waals surface area contributed by atoms with Crippen molar-refractivity contribution in [1.29, 1.82) is 0 Å². The lowest BCUT2D eigenvalue weighted by atomic mass is 9.82. The molecule has 1 nitrogen and oxygen atoms in total. The third-order valence-corrected chi connectivity index (χ3v) is 5.10. The van der Waals surface area contributed by atoms with Gasteiger partial charge in [0.2, 0.25) is 0 Å². The van der Waals surface area contributed by atoms with Gasteiger partial charge in [-0.15, -0.1) is 0 Å². The van der Waals surface area contributed by atoms with Crippen LogP contribution in [0.5, 0.6) is 0 Å². The van der Waals surface area contributed by atoms with Crippen LogP contribution in [-0.2, 0) is 6.42 Å². The van der Waals surface area contributed by atoms with Gasteiger partial charge >= 0.3 is 0 Å². The molecule has 1 heteroatoms. The molecule has 0 N–H and O–H groups in total. The van der Waals surface area contributed by atoms with Crippen LogP contribution in [-0.4, -0.2) is 0 Å². The van der Waals surface area contributed by atoms with Gasteiger partial charge in [0, 0.05) is 17.0 Å². The summed E-state index contributed by atoms with van der Waals surface area (Å²) < 4.78 is 0. The first-order valence-corrected chi connectivity index (χ1v) is 8.64. The van der Waals surface area contributed by atoms with Crippen molar-refractivity contribution >= 4 is 11.3 Å². The lowest BCUT2D eigenvalue weighted by Crippen LogP contribution is -2.31. The molecule has 0 atom stereocenters. The average molecular weight is 305 g/mol. The van der Waals surface area contributed by atoms with E-state index < -0.39 is 0 Å². The van der Waals surface area contributed by atoms with Crippen LogP contribution >= 0.6 is 0 Å². The van der Waals surface area contributed by atoms with Crippen LogP contribution in [0.2, 0.25) is 0 Å². The van der Waals surface area contributed by atoms with E-state index in [0.717, 1.165) is 18.5 Å². The number of rotatable bonds is 2. The van der Waals surface area contributed by atoms with Gasteiger partial charge in [0.25, 0.3) is 0 Å². The maximum absolute atomic E-state index is 4.40. The first kappa shape index (κ1) is 15.9. The summed E-state index contributed by atoms with van der Waals surface area (Å²) in [4.78, 5) is 2.39. The number of aryl methyl sites for hydroxylation is 1. The van der Waals surface area contributed by atoms with Crippen molar-refractivity contribution in [2.45, 2.75) is 53.4 Å². The molecule has 0 bridgehead atoms. The van der Waals surface area contributed by atoms with Crippen molar-refractivity contribution in [3.05, 3.63) is 70.6 Å². The Bertz CT molecular complexity index is 756. The molecular weight excluding hydrogens is 278 g/mol. The van der Waals surface area contributed by atoms with E-state index >= 15 is 0 Å². The van der Waals surface area contributed by atoms with Gasteiger partial charge in [0.1, 0.15) is 0 Å². The van der Waals surface area contributed by atoms with Gasteiger partial charge in [-0.2, -0.15) is 0 Å². The summed E-state index contributed by atoms with van der Waals surface area (Å²) in [5.41, 5.74) is 10.7. The highest BCUT2D eigenvalue weighted by atomic mass is 15.2. The van der Waals surface area contributed by atoms with Crippen molar-refractivity contribution in [2.75, 3.05) is 4.90 Å². The highest BCUT2D eigenvalue weighted by molar-refractivity contribution is 5.94. The third kappa shape index (κ3) is 2.39. The van der Waals surface area contributed by atoms with Crippen molar-refractivity contribution in [1.82, 2.24) is 0 Å². The lowest BCUT2D eigenvalue weighted by molar-refractivity contribution is 0.814. The minimum atomic E-state index is 0.547. The zero-order valence-electron chi connectivity index (χ0n) is 15.0. The molecule has 0 saturated heterocycles. The molecule has 2 aliphatic rings. The molecule has 0 unspecified atom stereocenters. The van der Waals surface area contributed by atoms with E-state index in [4.69, 9.17) is 0 Å². The summed E-state index contributed by atoms with van der Waals surface area (Å²) in [7, 11) is 0. The van der Waals surface area contributed by atoms with E-state index in [1.165, 1.54) is 39.2 Å². The van der Waals surface area contributed by atoms with Gasteiger partial charge in [-0.05, 0) is 67.9 Å². The zero-order valence-corrected chi connectivity index (χ0v) is 15.0. The highest BCUT2D eigenvalue weighted by Crippen LogP contribution is 2.48. The fourth-order valence-electron chi connectivity index (χ4n) is 3.72. The summed E-state index contributed by atoms with van der Waals surface area (Å²) >= 11 is 0. The molecule has 1 aromatic rings. The Morgan fingerprint density at radius 3 is 2.52 bits per heavy atom. The molecule has 0 aliphatic carbocycles. The quantitative estimate of drug-likeness (QED) is 0.616. The van der Waals surface area contributed by atoms with Gasteiger partial charge in [0.15, 0.2) is 0 Å². The predicted octanol–water partition coefficient (Wildman–Crippen LogP) is 6.34. The van der Waals surface area contributed by atoms with Crippen molar-refractivity contribution < 1.29 is 0 Å². The normalized spacial score (nSPS) is 19.3. The van der Waals surface area contributed by atoms with E-state index in [-0.39, 0.29) is 0 Å². The Labute approximate surface area is 140 Å². The molecule has 2 aliphatic heterocycles. The molecule has 0 radical (unpaired) electrons. The van der Waals surface area contributed by atoms with Crippen LogP contribution in [0.25, 0.3) is 5.57 Å². The van der Waals surface area contributed by atoms with Gasteiger partial charge < -0.3 is 4.90 Å². The SMILES string of the molecule is C=C1C(C)=C(C=CC)c2cc(C(C)C)cc3c2N1C(=CC)CC3. The summed E-state index contributed by atoms with van der Waals surface area (Å²) in [6, 6.07) is 4.80. The van der Waals surface area contributed by atoms with Crippen molar-refractivity contribution in [3.8, 4) is 0 Å². The second-order valence-corrected chi connectivity index (χ2v) is 6.83. The number of nitrogens with zero attached hydrogens (tertiary/aromatic N) is 1. The van der Waals surface area contributed by atoms with Crippen LogP contribution in [0.1, 0.15) is 63.6 Å². The number of anilines is 1. The van der Waals surface area contributed by atoms with E-state index in [1.807, 2.05) is 0 Å². The smallest absolute Gasteiger partial charge is 0.0568 e. The van der Waals surface area contributed by atoms with Crippen molar-refractivity contribution in [2.24, 2.45) is 0 Å². The third-order valence-electron chi connectivity index (χ3n) is 5.10. The summed E-state index contributed by atoms with van der Waals surface area (Å²) in [5.74, 6) is 0.547. The minimum absolute atomic E-state index is 0.547. The van der Waals surface area contributed by atoms with Crippen molar-refractivity contribution in [3.63, 3.8) is 0 Å². The Morgan fingerprint density at radius 1 is 1.17 bits per heavy atom. The number of hydrogen-bond acceptors (Lipinski definition) is 1. The first-order chi connectivity index (χ1) is 11.0. The molecule has 0 aromatic heterocycles. The number of benzene rings is 1. The Balaban J connectivity index is 2.36. The molecule has 0 fully saturated rings. The second kappa shape index (κ2) is 5.88. The van der Waals surface area contributed by atoms with Crippen LogP contribution in [0.15, 0.2) is 53.9 Å². The van der Waals surface area contributed by atoms with Gasteiger partial charge in [-0.3, -0.25) is 0 Å². The summed E-state index contributed by atoms with van der Waals surface area (Å²) in [6.07, 6.45) is 8.82. The summed E-state index contributed by atoms with van der Waals surface area (Å²) in [5, 5.41) is 0. The van der Waals surface area contributed by atoms with E-state index in [9.17, 15) is 0 Å². The molecule has 120 valence electrons. The topological polar surface area (TPSA) is 3.24 Å². The van der Waals surface area contributed by atoms with Crippen LogP contribution in [0.3, 0.4) is 0 Å². The van der Waals surface area contributed by atoms with Gasteiger partial charge in [-0.1, -0.05) is 44.7 Å². The average Bonchev–Trinajstić information content (AvgIpc) is 2.55. The molecule has 0 amide bonds. The Morgan fingerprint density at radius 2 is 1.91 bits per heavy atom. The molecule has 3 rings (SSSR count). The monoisotopic (exact) mass is 305 g/mol. The first-order valence-electron chi connectivity index (χ1n) is 8.64. The molecule has 0 saturated carbocycles. The maximum Gasteiger partial charge on any atom is 0.0568 e. The maximum atomic E-state index is 4.40. The van der Waals surface area contributed by atoms with Crippen LogP contribution < -0.4 is 4.90 Å². The zero-order chi connectivity index (χ0) is 16.7. The van der Waals surface area contributed by atoms with Gasteiger partial charge in [-0.25, -0.2) is 0 Å². The molecule has 2 heterocycles. The number of allylic oxidation sites excluding steroid dienone is 6. The molecular formula is C22H27N. The highest BCUT2D eigenvalue weighted by Gasteiger charge is 2.32. The summed E-state index contributed by atoms with van der Waals surface area (Å²) in [6.45, 7) is 15.4.